The lowest BCUT2D eigenvalue weighted by Crippen LogP contribution is -2.40. The van der Waals surface area contributed by atoms with Crippen molar-refractivity contribution >= 4 is 64.3 Å². The third-order valence-electron chi connectivity index (χ3n) is 4.97. The van der Waals surface area contributed by atoms with Gasteiger partial charge in [0.1, 0.15) is 0 Å². The first-order valence-electron chi connectivity index (χ1n) is 9.96. The normalized spacial score (nSPS) is 14.4. The van der Waals surface area contributed by atoms with Gasteiger partial charge in [0.15, 0.2) is 6.61 Å². The van der Waals surface area contributed by atoms with Crippen molar-refractivity contribution in [1.82, 2.24) is 4.90 Å². The molecule has 0 spiro atoms. The molecule has 2 aromatic rings. The predicted octanol–water partition coefficient (Wildman–Crippen LogP) is 5.08. The Morgan fingerprint density at radius 1 is 1.03 bits per heavy atom. The Morgan fingerprint density at radius 3 is 2.28 bits per heavy atom. The quantitative estimate of drug-likeness (QED) is 0.448. The molecule has 0 aliphatic carbocycles. The number of carbonyl (C=O) groups excluding carboxylic acids is 3. The summed E-state index contributed by atoms with van der Waals surface area (Å²) >= 11 is 17.9. The molecule has 32 heavy (non-hydrogen) atoms. The summed E-state index contributed by atoms with van der Waals surface area (Å²) in [7, 11) is 0. The summed E-state index contributed by atoms with van der Waals surface area (Å²) in [5.74, 6) is -1.51. The standard InChI is InChI=1S/C23H21Cl3N2O4/c24-17-12-18(25)22(19(26)13-17)27-20(29)14-32-23(31)16-8-10-28(11-9-16)21(30)7-6-15-4-2-1-3-5-15/h1-7,12-13,16H,8-11,14H2,(H,27,29)/b7-6+. The monoisotopic (exact) mass is 494 g/mol. The van der Waals surface area contributed by atoms with E-state index in [-0.39, 0.29) is 27.6 Å². The van der Waals surface area contributed by atoms with Crippen molar-refractivity contribution in [1.29, 1.82) is 0 Å². The molecule has 2 amide bonds. The van der Waals surface area contributed by atoms with Crippen LogP contribution in [0.4, 0.5) is 5.69 Å². The number of nitrogens with zero attached hydrogens (tertiary/aromatic N) is 1. The lowest BCUT2D eigenvalue weighted by Gasteiger charge is -2.30. The van der Waals surface area contributed by atoms with E-state index in [4.69, 9.17) is 39.5 Å². The summed E-state index contributed by atoms with van der Waals surface area (Å²) in [6.45, 7) is 0.424. The molecule has 9 heteroatoms. The van der Waals surface area contributed by atoms with E-state index < -0.39 is 18.5 Å². The molecule has 1 aliphatic heterocycles. The number of carbonyl (C=O) groups is 3. The summed E-state index contributed by atoms with van der Waals surface area (Å²) in [6.07, 6.45) is 4.24. The van der Waals surface area contributed by atoms with Crippen molar-refractivity contribution in [2.24, 2.45) is 5.92 Å². The Morgan fingerprint density at radius 2 is 1.66 bits per heavy atom. The lowest BCUT2D eigenvalue weighted by atomic mass is 9.97. The second kappa shape index (κ2) is 11.4. The molecular weight excluding hydrogens is 475 g/mol. The minimum Gasteiger partial charge on any atom is -0.455 e. The number of anilines is 1. The second-order valence-corrected chi connectivity index (χ2v) is 8.49. The van der Waals surface area contributed by atoms with Gasteiger partial charge in [0.2, 0.25) is 5.91 Å². The molecule has 1 saturated heterocycles. The zero-order valence-electron chi connectivity index (χ0n) is 17.0. The van der Waals surface area contributed by atoms with Gasteiger partial charge in [-0.05, 0) is 36.6 Å². The van der Waals surface area contributed by atoms with Crippen molar-refractivity contribution in [2.45, 2.75) is 12.8 Å². The summed E-state index contributed by atoms with van der Waals surface area (Å²) in [5, 5.41) is 3.21. The van der Waals surface area contributed by atoms with Crippen molar-refractivity contribution in [3.05, 3.63) is 69.2 Å². The van der Waals surface area contributed by atoms with E-state index in [1.807, 2.05) is 30.3 Å². The van der Waals surface area contributed by atoms with E-state index in [0.717, 1.165) is 5.56 Å². The van der Waals surface area contributed by atoms with Gasteiger partial charge in [0, 0.05) is 24.2 Å². The van der Waals surface area contributed by atoms with E-state index in [0.29, 0.717) is 31.0 Å². The molecule has 1 fully saturated rings. The Hall–Kier alpha value is -2.54. The van der Waals surface area contributed by atoms with E-state index in [1.165, 1.54) is 18.2 Å². The number of likely N-dealkylation sites (tertiary alicyclic amines) is 1. The number of piperidine rings is 1. The van der Waals surface area contributed by atoms with Gasteiger partial charge >= 0.3 is 5.97 Å². The summed E-state index contributed by atoms with van der Waals surface area (Å²) in [4.78, 5) is 38.5. The molecule has 0 atom stereocenters. The molecular formula is C23H21Cl3N2O4. The van der Waals surface area contributed by atoms with Gasteiger partial charge in [0.05, 0.1) is 21.7 Å². The number of nitrogens with one attached hydrogen (secondary N) is 1. The van der Waals surface area contributed by atoms with Gasteiger partial charge < -0.3 is 15.0 Å². The molecule has 0 unspecified atom stereocenters. The number of hydrogen-bond donors (Lipinski definition) is 1. The number of rotatable bonds is 6. The molecule has 1 heterocycles. The molecule has 1 N–H and O–H groups in total. The molecule has 3 rings (SSSR count). The summed E-state index contributed by atoms with van der Waals surface area (Å²) < 4.78 is 5.14. The summed E-state index contributed by atoms with van der Waals surface area (Å²) in [5.41, 5.74) is 1.15. The number of esters is 1. The fourth-order valence-corrected chi connectivity index (χ4v) is 4.18. The first kappa shape index (κ1) is 24.1. The highest BCUT2D eigenvalue weighted by atomic mass is 35.5. The number of benzene rings is 2. The number of ether oxygens (including phenoxy) is 1. The van der Waals surface area contributed by atoms with E-state index in [2.05, 4.69) is 5.32 Å². The molecule has 0 aromatic heterocycles. The van der Waals surface area contributed by atoms with Crippen molar-refractivity contribution in [2.75, 3.05) is 25.0 Å². The molecule has 6 nitrogen and oxygen atoms in total. The number of halogens is 3. The second-order valence-electron chi connectivity index (χ2n) is 7.24. The van der Waals surface area contributed by atoms with Crippen LogP contribution in [0, 0.1) is 5.92 Å². The number of amides is 2. The van der Waals surface area contributed by atoms with Crippen molar-refractivity contribution < 1.29 is 19.1 Å². The fraction of sp³-hybridized carbons (Fsp3) is 0.261. The fourth-order valence-electron chi connectivity index (χ4n) is 3.26. The van der Waals surface area contributed by atoms with Crippen LogP contribution in [0.3, 0.4) is 0 Å². The maximum atomic E-state index is 12.4. The maximum Gasteiger partial charge on any atom is 0.309 e. The van der Waals surface area contributed by atoms with Crippen LogP contribution in [0.2, 0.25) is 15.1 Å². The third kappa shape index (κ3) is 6.73. The van der Waals surface area contributed by atoms with Gasteiger partial charge in [-0.15, -0.1) is 0 Å². The Bertz CT molecular complexity index is 996. The van der Waals surface area contributed by atoms with Crippen molar-refractivity contribution in [3.63, 3.8) is 0 Å². The highest BCUT2D eigenvalue weighted by Crippen LogP contribution is 2.33. The van der Waals surface area contributed by atoms with Crippen LogP contribution in [-0.2, 0) is 19.1 Å². The van der Waals surface area contributed by atoms with Crippen molar-refractivity contribution in [3.8, 4) is 0 Å². The van der Waals surface area contributed by atoms with Crippen LogP contribution < -0.4 is 5.32 Å². The first-order chi connectivity index (χ1) is 15.3. The van der Waals surface area contributed by atoms with Crippen LogP contribution in [0.5, 0.6) is 0 Å². The zero-order valence-corrected chi connectivity index (χ0v) is 19.3. The van der Waals surface area contributed by atoms with Gasteiger partial charge in [-0.3, -0.25) is 14.4 Å². The van der Waals surface area contributed by atoms with Crippen LogP contribution in [0.25, 0.3) is 6.08 Å². The SMILES string of the molecule is O=C(COC(=O)C1CCN(C(=O)/C=C/c2ccccc2)CC1)Nc1c(Cl)cc(Cl)cc1Cl. The topological polar surface area (TPSA) is 75.7 Å². The molecule has 0 radical (unpaired) electrons. The molecule has 1 aliphatic rings. The molecule has 2 aromatic carbocycles. The van der Waals surface area contributed by atoms with E-state index in [1.54, 1.807) is 11.0 Å². The first-order valence-corrected chi connectivity index (χ1v) is 11.1. The van der Waals surface area contributed by atoms with E-state index >= 15 is 0 Å². The van der Waals surface area contributed by atoms with Crippen LogP contribution in [0.1, 0.15) is 18.4 Å². The van der Waals surface area contributed by atoms with Gasteiger partial charge in [-0.25, -0.2) is 0 Å². The Balaban J connectivity index is 1.43. The minimum absolute atomic E-state index is 0.100. The molecule has 168 valence electrons. The third-order valence-corrected chi connectivity index (χ3v) is 5.79. The maximum absolute atomic E-state index is 12.4. The predicted molar refractivity (Wildman–Crippen MR) is 126 cm³/mol. The summed E-state index contributed by atoms with van der Waals surface area (Å²) in [6, 6.07) is 12.4. The average molecular weight is 496 g/mol. The minimum atomic E-state index is -0.567. The van der Waals surface area contributed by atoms with Crippen LogP contribution in [0.15, 0.2) is 48.5 Å². The molecule has 0 bridgehead atoms. The highest BCUT2D eigenvalue weighted by molar-refractivity contribution is 6.42. The Kier molecular flexibility index (Phi) is 8.56. The Labute approximate surface area is 201 Å². The van der Waals surface area contributed by atoms with Crippen LogP contribution in [-0.4, -0.2) is 42.4 Å². The smallest absolute Gasteiger partial charge is 0.309 e. The largest absolute Gasteiger partial charge is 0.455 e. The average Bonchev–Trinajstić information content (AvgIpc) is 2.79. The zero-order chi connectivity index (χ0) is 23.1. The number of hydrogen-bond acceptors (Lipinski definition) is 4. The van der Waals surface area contributed by atoms with Gasteiger partial charge in [-0.1, -0.05) is 65.1 Å². The van der Waals surface area contributed by atoms with Crippen LogP contribution >= 0.6 is 34.8 Å². The van der Waals surface area contributed by atoms with E-state index in [9.17, 15) is 14.4 Å². The molecule has 0 saturated carbocycles. The van der Waals surface area contributed by atoms with Gasteiger partial charge in [0.25, 0.3) is 5.91 Å². The highest BCUT2D eigenvalue weighted by Gasteiger charge is 2.28. The lowest BCUT2D eigenvalue weighted by molar-refractivity contribution is -0.153. The van der Waals surface area contributed by atoms with Gasteiger partial charge in [-0.2, -0.15) is 0 Å².